The standard InChI is InChI=1S/C15H14F4N2O2S2/c16-12-3-1-2-4-13(12)24-8-7-21-10-5-6-14(25(20,22)23)11(9-10)15(17,18)19/h1-6,9,21H,7-8H2,(H2,20,22,23). The molecule has 2 aromatic carbocycles. The van der Waals surface area contributed by atoms with E-state index in [0.29, 0.717) is 16.7 Å². The number of rotatable bonds is 6. The fourth-order valence-corrected chi connectivity index (χ4v) is 3.57. The molecule has 0 aliphatic heterocycles. The average molecular weight is 394 g/mol. The maximum atomic E-state index is 13.4. The molecule has 0 fully saturated rings. The Morgan fingerprint density at radius 2 is 1.80 bits per heavy atom. The van der Waals surface area contributed by atoms with Crippen LogP contribution in [0.3, 0.4) is 0 Å². The highest BCUT2D eigenvalue weighted by molar-refractivity contribution is 7.99. The Hall–Kier alpha value is -1.78. The molecule has 0 amide bonds. The van der Waals surface area contributed by atoms with Crippen molar-refractivity contribution in [2.75, 3.05) is 17.6 Å². The van der Waals surface area contributed by atoms with Crippen LogP contribution in [0, 0.1) is 5.82 Å². The highest BCUT2D eigenvalue weighted by Gasteiger charge is 2.36. The number of hydrogen-bond acceptors (Lipinski definition) is 4. The average Bonchev–Trinajstić information content (AvgIpc) is 2.51. The van der Waals surface area contributed by atoms with E-state index < -0.39 is 26.7 Å². The molecule has 0 unspecified atom stereocenters. The lowest BCUT2D eigenvalue weighted by molar-refractivity contribution is -0.139. The van der Waals surface area contributed by atoms with Gasteiger partial charge in [-0.05, 0) is 30.3 Å². The predicted molar refractivity (Wildman–Crippen MR) is 88.4 cm³/mol. The molecule has 25 heavy (non-hydrogen) atoms. The van der Waals surface area contributed by atoms with Gasteiger partial charge in [0.25, 0.3) is 0 Å². The van der Waals surface area contributed by atoms with Crippen molar-refractivity contribution in [1.82, 2.24) is 0 Å². The minimum Gasteiger partial charge on any atom is -0.384 e. The summed E-state index contributed by atoms with van der Waals surface area (Å²) in [5, 5.41) is 7.56. The van der Waals surface area contributed by atoms with Crippen LogP contribution < -0.4 is 10.5 Å². The van der Waals surface area contributed by atoms with Crippen LogP contribution in [0.4, 0.5) is 23.2 Å². The van der Waals surface area contributed by atoms with Crippen molar-refractivity contribution in [2.24, 2.45) is 5.14 Å². The molecular weight excluding hydrogens is 380 g/mol. The molecular formula is C15H14F4N2O2S2. The Labute approximate surface area is 146 Å². The van der Waals surface area contributed by atoms with Gasteiger partial charge in [-0.1, -0.05) is 12.1 Å². The van der Waals surface area contributed by atoms with E-state index in [-0.39, 0.29) is 18.0 Å². The number of primary sulfonamides is 1. The van der Waals surface area contributed by atoms with Crippen LogP contribution in [-0.2, 0) is 16.2 Å². The first-order valence-electron chi connectivity index (χ1n) is 6.94. The fourth-order valence-electron chi connectivity index (χ4n) is 2.03. The maximum Gasteiger partial charge on any atom is 0.417 e. The Morgan fingerprint density at radius 1 is 1.12 bits per heavy atom. The molecule has 0 atom stereocenters. The molecule has 4 nitrogen and oxygen atoms in total. The molecule has 0 aromatic heterocycles. The van der Waals surface area contributed by atoms with Gasteiger partial charge in [0.2, 0.25) is 10.0 Å². The molecule has 2 aromatic rings. The predicted octanol–water partition coefficient (Wildman–Crippen LogP) is 3.70. The number of alkyl halides is 3. The molecule has 136 valence electrons. The van der Waals surface area contributed by atoms with Crippen molar-refractivity contribution in [3.05, 3.63) is 53.8 Å². The highest BCUT2D eigenvalue weighted by atomic mass is 32.2. The second-order valence-corrected chi connectivity index (χ2v) is 7.63. The Morgan fingerprint density at radius 3 is 2.40 bits per heavy atom. The number of sulfonamides is 1. The number of anilines is 1. The number of benzene rings is 2. The van der Waals surface area contributed by atoms with E-state index in [1.165, 1.54) is 23.9 Å². The Kier molecular flexibility index (Phi) is 5.96. The van der Waals surface area contributed by atoms with Crippen molar-refractivity contribution in [3.63, 3.8) is 0 Å². The van der Waals surface area contributed by atoms with Crippen LogP contribution in [-0.4, -0.2) is 20.7 Å². The summed E-state index contributed by atoms with van der Waals surface area (Å²) in [5.74, 6) is 0.0310. The quantitative estimate of drug-likeness (QED) is 0.445. The van der Waals surface area contributed by atoms with Gasteiger partial charge in [-0.15, -0.1) is 11.8 Å². The Balaban J connectivity index is 2.07. The van der Waals surface area contributed by atoms with E-state index in [0.717, 1.165) is 6.07 Å². The molecule has 0 saturated carbocycles. The van der Waals surface area contributed by atoms with E-state index in [9.17, 15) is 26.0 Å². The van der Waals surface area contributed by atoms with Crippen molar-refractivity contribution in [1.29, 1.82) is 0 Å². The first kappa shape index (κ1) is 19.5. The molecule has 3 N–H and O–H groups in total. The molecule has 0 aliphatic rings. The van der Waals surface area contributed by atoms with Gasteiger partial charge in [0.15, 0.2) is 0 Å². The minimum absolute atomic E-state index is 0.0915. The lowest BCUT2D eigenvalue weighted by Gasteiger charge is -2.14. The third-order valence-corrected chi connectivity index (χ3v) is 5.14. The lowest BCUT2D eigenvalue weighted by Crippen LogP contribution is -2.19. The summed E-state index contributed by atoms with van der Waals surface area (Å²) < 4.78 is 75.1. The van der Waals surface area contributed by atoms with Crippen LogP contribution in [0.5, 0.6) is 0 Å². The lowest BCUT2D eigenvalue weighted by atomic mass is 10.2. The molecule has 0 bridgehead atoms. The Bertz CT molecular complexity index is 855. The number of thioether (sulfide) groups is 1. The number of halogens is 4. The maximum absolute atomic E-state index is 13.4. The van der Waals surface area contributed by atoms with Crippen LogP contribution >= 0.6 is 11.8 Å². The summed E-state index contributed by atoms with van der Waals surface area (Å²) >= 11 is 1.21. The van der Waals surface area contributed by atoms with Crippen molar-refractivity contribution >= 4 is 27.5 Å². The van der Waals surface area contributed by atoms with Crippen molar-refractivity contribution in [3.8, 4) is 0 Å². The third kappa shape index (κ3) is 5.35. The van der Waals surface area contributed by atoms with Gasteiger partial charge in [-0.3, -0.25) is 0 Å². The second-order valence-electron chi connectivity index (χ2n) is 4.96. The number of nitrogens with one attached hydrogen (secondary N) is 1. The van der Waals surface area contributed by atoms with E-state index >= 15 is 0 Å². The third-order valence-electron chi connectivity index (χ3n) is 3.12. The van der Waals surface area contributed by atoms with E-state index in [1.54, 1.807) is 18.2 Å². The first-order valence-corrected chi connectivity index (χ1v) is 9.47. The van der Waals surface area contributed by atoms with Crippen LogP contribution in [0.25, 0.3) is 0 Å². The monoisotopic (exact) mass is 394 g/mol. The summed E-state index contributed by atoms with van der Waals surface area (Å²) in [6.07, 6.45) is -4.86. The molecule has 0 spiro atoms. The minimum atomic E-state index is -4.86. The first-order chi connectivity index (χ1) is 11.6. The molecule has 2 rings (SSSR count). The number of nitrogens with two attached hydrogens (primary N) is 1. The number of hydrogen-bond donors (Lipinski definition) is 2. The van der Waals surface area contributed by atoms with Gasteiger partial charge in [0, 0.05) is 22.9 Å². The second kappa shape index (κ2) is 7.63. The van der Waals surface area contributed by atoms with E-state index in [1.807, 2.05) is 0 Å². The van der Waals surface area contributed by atoms with E-state index in [4.69, 9.17) is 5.14 Å². The zero-order chi connectivity index (χ0) is 18.7. The van der Waals surface area contributed by atoms with E-state index in [2.05, 4.69) is 5.32 Å². The zero-order valence-electron chi connectivity index (χ0n) is 12.7. The van der Waals surface area contributed by atoms with Crippen molar-refractivity contribution < 1.29 is 26.0 Å². The van der Waals surface area contributed by atoms with Gasteiger partial charge in [-0.2, -0.15) is 13.2 Å². The molecule has 0 radical (unpaired) electrons. The highest BCUT2D eigenvalue weighted by Crippen LogP contribution is 2.35. The largest absolute Gasteiger partial charge is 0.417 e. The SMILES string of the molecule is NS(=O)(=O)c1ccc(NCCSc2ccccc2F)cc1C(F)(F)F. The molecule has 0 aliphatic carbocycles. The molecule has 0 saturated heterocycles. The van der Waals surface area contributed by atoms with Crippen LogP contribution in [0.15, 0.2) is 52.3 Å². The zero-order valence-corrected chi connectivity index (χ0v) is 14.3. The summed E-state index contributed by atoms with van der Waals surface area (Å²) in [4.78, 5) is -0.545. The van der Waals surface area contributed by atoms with Crippen molar-refractivity contribution in [2.45, 2.75) is 16.0 Å². The van der Waals surface area contributed by atoms with Gasteiger partial charge in [0.1, 0.15) is 5.82 Å². The summed E-state index contributed by atoms with van der Waals surface area (Å²) in [6.45, 7) is 0.255. The molecule has 10 heteroatoms. The van der Waals surface area contributed by atoms with Gasteiger partial charge < -0.3 is 5.32 Å². The van der Waals surface area contributed by atoms with Gasteiger partial charge in [0.05, 0.1) is 10.5 Å². The summed E-state index contributed by atoms with van der Waals surface area (Å²) in [5.41, 5.74) is -1.24. The van der Waals surface area contributed by atoms with Crippen LogP contribution in [0.1, 0.15) is 5.56 Å². The smallest absolute Gasteiger partial charge is 0.384 e. The fraction of sp³-hybridized carbons (Fsp3) is 0.200. The van der Waals surface area contributed by atoms with Gasteiger partial charge in [-0.25, -0.2) is 17.9 Å². The van der Waals surface area contributed by atoms with Gasteiger partial charge >= 0.3 is 6.18 Å². The summed E-state index contributed by atoms with van der Waals surface area (Å²) in [7, 11) is -4.49. The topological polar surface area (TPSA) is 72.2 Å². The molecule has 0 heterocycles. The normalized spacial score (nSPS) is 12.2. The summed E-state index contributed by atoms with van der Waals surface area (Å²) in [6, 6.07) is 8.85. The van der Waals surface area contributed by atoms with Crippen LogP contribution in [0.2, 0.25) is 0 Å².